The maximum atomic E-state index is 12.9. The highest BCUT2D eigenvalue weighted by molar-refractivity contribution is 5.98. The predicted octanol–water partition coefficient (Wildman–Crippen LogP) is 2.26. The minimum atomic E-state index is -0.212. The van der Waals surface area contributed by atoms with Crippen molar-refractivity contribution in [3.63, 3.8) is 0 Å². The lowest BCUT2D eigenvalue weighted by molar-refractivity contribution is 0.625. The SMILES string of the molecule is CN=C(C)c1ccccc1F. The van der Waals surface area contributed by atoms with Crippen molar-refractivity contribution in [1.82, 2.24) is 0 Å². The van der Waals surface area contributed by atoms with Crippen molar-refractivity contribution >= 4 is 5.71 Å². The van der Waals surface area contributed by atoms with Gasteiger partial charge >= 0.3 is 0 Å². The lowest BCUT2D eigenvalue weighted by Crippen LogP contribution is -1.97. The van der Waals surface area contributed by atoms with Crippen LogP contribution in [0.2, 0.25) is 0 Å². The lowest BCUT2D eigenvalue weighted by atomic mass is 10.1. The summed E-state index contributed by atoms with van der Waals surface area (Å²) >= 11 is 0. The van der Waals surface area contributed by atoms with E-state index in [1.807, 2.05) is 0 Å². The average Bonchev–Trinajstić information content (AvgIpc) is 2.04. The first-order valence-corrected chi connectivity index (χ1v) is 3.44. The van der Waals surface area contributed by atoms with E-state index in [2.05, 4.69) is 4.99 Å². The van der Waals surface area contributed by atoms with E-state index in [1.165, 1.54) is 6.07 Å². The van der Waals surface area contributed by atoms with Crippen LogP contribution in [0.25, 0.3) is 0 Å². The summed E-state index contributed by atoms with van der Waals surface area (Å²) in [6.07, 6.45) is 0. The normalized spacial score (nSPS) is 11.7. The Hall–Kier alpha value is -1.18. The summed E-state index contributed by atoms with van der Waals surface area (Å²) in [7, 11) is 1.65. The number of rotatable bonds is 1. The Morgan fingerprint density at radius 3 is 2.55 bits per heavy atom. The van der Waals surface area contributed by atoms with Crippen LogP contribution in [-0.4, -0.2) is 12.8 Å². The first-order valence-electron chi connectivity index (χ1n) is 3.44. The zero-order valence-electron chi connectivity index (χ0n) is 6.63. The Bertz CT molecular complexity index is 279. The Morgan fingerprint density at radius 1 is 1.36 bits per heavy atom. The molecule has 0 N–H and O–H groups in total. The Labute approximate surface area is 65.6 Å². The molecule has 0 aliphatic carbocycles. The summed E-state index contributed by atoms with van der Waals surface area (Å²) in [4.78, 5) is 3.90. The van der Waals surface area contributed by atoms with Crippen LogP contribution in [0.3, 0.4) is 0 Å². The van der Waals surface area contributed by atoms with Crippen LogP contribution < -0.4 is 0 Å². The van der Waals surface area contributed by atoms with E-state index in [-0.39, 0.29) is 5.82 Å². The number of hydrogen-bond donors (Lipinski definition) is 0. The molecule has 2 heteroatoms. The standard InChI is InChI=1S/C9H10FN/c1-7(11-2)8-5-3-4-6-9(8)10/h3-6H,1-2H3. The molecule has 1 nitrogen and oxygen atoms in total. The molecule has 11 heavy (non-hydrogen) atoms. The number of nitrogens with zero attached hydrogens (tertiary/aromatic N) is 1. The fraction of sp³-hybridized carbons (Fsp3) is 0.222. The van der Waals surface area contributed by atoms with Crippen LogP contribution in [0.1, 0.15) is 12.5 Å². The Balaban J connectivity index is 3.14. The van der Waals surface area contributed by atoms with Gasteiger partial charge in [0.15, 0.2) is 0 Å². The molecular weight excluding hydrogens is 141 g/mol. The molecule has 0 aromatic heterocycles. The molecule has 58 valence electrons. The van der Waals surface area contributed by atoms with Gasteiger partial charge in [0, 0.05) is 18.3 Å². The number of benzene rings is 1. The topological polar surface area (TPSA) is 12.4 Å². The maximum absolute atomic E-state index is 12.9. The number of hydrogen-bond acceptors (Lipinski definition) is 1. The molecule has 0 heterocycles. The van der Waals surface area contributed by atoms with E-state index in [0.717, 1.165) is 5.71 Å². The summed E-state index contributed by atoms with van der Waals surface area (Å²) < 4.78 is 12.9. The molecule has 0 fully saturated rings. The van der Waals surface area contributed by atoms with Crippen molar-refractivity contribution in [2.45, 2.75) is 6.92 Å². The molecule has 0 spiro atoms. The fourth-order valence-electron chi connectivity index (χ4n) is 0.875. The van der Waals surface area contributed by atoms with Crippen molar-refractivity contribution in [2.24, 2.45) is 4.99 Å². The van der Waals surface area contributed by atoms with Gasteiger partial charge in [-0.3, -0.25) is 4.99 Å². The molecule has 1 rings (SSSR count). The van der Waals surface area contributed by atoms with Gasteiger partial charge in [-0.1, -0.05) is 18.2 Å². The number of halogens is 1. The van der Waals surface area contributed by atoms with Gasteiger partial charge in [-0.05, 0) is 13.0 Å². The van der Waals surface area contributed by atoms with Crippen molar-refractivity contribution < 1.29 is 4.39 Å². The molecule has 1 aromatic rings. The lowest BCUT2D eigenvalue weighted by Gasteiger charge is -1.99. The van der Waals surface area contributed by atoms with Gasteiger partial charge in [0.1, 0.15) is 5.82 Å². The summed E-state index contributed by atoms with van der Waals surface area (Å²) in [5.74, 6) is -0.212. The fourth-order valence-corrected chi connectivity index (χ4v) is 0.875. The molecule has 0 saturated carbocycles. The Kier molecular flexibility index (Phi) is 2.36. The monoisotopic (exact) mass is 151 g/mol. The average molecular weight is 151 g/mol. The summed E-state index contributed by atoms with van der Waals surface area (Å²) in [5, 5.41) is 0. The van der Waals surface area contributed by atoms with E-state index in [4.69, 9.17) is 0 Å². The van der Waals surface area contributed by atoms with Crippen LogP contribution in [0.15, 0.2) is 29.3 Å². The quantitative estimate of drug-likeness (QED) is 0.546. The smallest absolute Gasteiger partial charge is 0.132 e. The van der Waals surface area contributed by atoms with Crippen LogP contribution in [0.4, 0.5) is 4.39 Å². The molecular formula is C9H10FN. The van der Waals surface area contributed by atoms with E-state index >= 15 is 0 Å². The molecule has 1 aromatic carbocycles. The van der Waals surface area contributed by atoms with E-state index in [1.54, 1.807) is 32.2 Å². The van der Waals surface area contributed by atoms with Crippen molar-refractivity contribution in [3.8, 4) is 0 Å². The molecule has 0 aliphatic rings. The number of aliphatic imine (C=N–C) groups is 1. The molecule has 0 saturated heterocycles. The third-order valence-electron chi connectivity index (χ3n) is 1.60. The third-order valence-corrected chi connectivity index (χ3v) is 1.60. The molecule has 0 aliphatic heterocycles. The van der Waals surface area contributed by atoms with E-state index in [0.29, 0.717) is 5.56 Å². The third kappa shape index (κ3) is 1.64. The predicted molar refractivity (Wildman–Crippen MR) is 44.5 cm³/mol. The first-order chi connectivity index (χ1) is 5.25. The van der Waals surface area contributed by atoms with Crippen molar-refractivity contribution in [3.05, 3.63) is 35.6 Å². The zero-order valence-corrected chi connectivity index (χ0v) is 6.63. The van der Waals surface area contributed by atoms with Gasteiger partial charge in [0.2, 0.25) is 0 Å². The molecule has 0 unspecified atom stereocenters. The van der Waals surface area contributed by atoms with Gasteiger partial charge in [0.25, 0.3) is 0 Å². The highest BCUT2D eigenvalue weighted by atomic mass is 19.1. The van der Waals surface area contributed by atoms with Gasteiger partial charge in [-0.25, -0.2) is 4.39 Å². The molecule has 0 atom stereocenters. The van der Waals surface area contributed by atoms with Crippen LogP contribution in [0, 0.1) is 5.82 Å². The largest absolute Gasteiger partial charge is 0.293 e. The van der Waals surface area contributed by atoms with Crippen molar-refractivity contribution in [2.75, 3.05) is 7.05 Å². The van der Waals surface area contributed by atoms with Gasteiger partial charge in [-0.15, -0.1) is 0 Å². The second-order valence-electron chi connectivity index (χ2n) is 2.29. The summed E-state index contributed by atoms with van der Waals surface area (Å²) in [6.45, 7) is 1.79. The highest BCUT2D eigenvalue weighted by Crippen LogP contribution is 2.06. The first kappa shape index (κ1) is 7.92. The van der Waals surface area contributed by atoms with Crippen molar-refractivity contribution in [1.29, 1.82) is 0 Å². The van der Waals surface area contributed by atoms with Gasteiger partial charge in [-0.2, -0.15) is 0 Å². The zero-order chi connectivity index (χ0) is 8.27. The molecule has 0 amide bonds. The van der Waals surface area contributed by atoms with E-state index < -0.39 is 0 Å². The minimum Gasteiger partial charge on any atom is -0.293 e. The van der Waals surface area contributed by atoms with Crippen LogP contribution >= 0.6 is 0 Å². The summed E-state index contributed by atoms with van der Waals surface area (Å²) in [6, 6.07) is 6.62. The second kappa shape index (κ2) is 3.28. The molecule has 0 radical (unpaired) electrons. The minimum absolute atomic E-state index is 0.212. The summed E-state index contributed by atoms with van der Waals surface area (Å²) in [5.41, 5.74) is 1.30. The van der Waals surface area contributed by atoms with Crippen LogP contribution in [-0.2, 0) is 0 Å². The van der Waals surface area contributed by atoms with Gasteiger partial charge in [0.05, 0.1) is 0 Å². The molecule has 0 bridgehead atoms. The maximum Gasteiger partial charge on any atom is 0.132 e. The van der Waals surface area contributed by atoms with E-state index in [9.17, 15) is 4.39 Å². The van der Waals surface area contributed by atoms with Gasteiger partial charge < -0.3 is 0 Å². The Morgan fingerprint density at radius 2 is 2.00 bits per heavy atom. The highest BCUT2D eigenvalue weighted by Gasteiger charge is 2.01. The second-order valence-corrected chi connectivity index (χ2v) is 2.29. The van der Waals surface area contributed by atoms with Crippen LogP contribution in [0.5, 0.6) is 0 Å².